The Hall–Kier alpha value is 0.690. The van der Waals surface area contributed by atoms with Gasteiger partial charge in [0.05, 0.1) is 0 Å². The largest absolute Gasteiger partial charge is 1.00 e. The Kier molecular flexibility index (Phi) is 16.4. The maximum Gasteiger partial charge on any atom is 1.00 e. The van der Waals surface area contributed by atoms with Crippen molar-refractivity contribution >= 4 is 0 Å². The standard InChI is InChI=1S/C8H19N.I/c1-2-3-4-5-6-7-8-9;/h2-9H2,1H3;/q;+1. The summed E-state index contributed by atoms with van der Waals surface area (Å²) in [5.74, 6) is 0. The monoisotopic (exact) mass is 256 g/mol. The summed E-state index contributed by atoms with van der Waals surface area (Å²) in [6.07, 6.45) is 8.05. The van der Waals surface area contributed by atoms with Gasteiger partial charge in [-0.05, 0) is 13.0 Å². The molecule has 0 aromatic carbocycles. The lowest BCUT2D eigenvalue weighted by molar-refractivity contribution is -0.00000217. The summed E-state index contributed by atoms with van der Waals surface area (Å²) in [5, 5.41) is 0. The van der Waals surface area contributed by atoms with Gasteiger partial charge in [-0.15, -0.1) is 0 Å². The smallest absolute Gasteiger partial charge is 0.330 e. The molecule has 0 aliphatic heterocycles. The molecule has 0 amide bonds. The van der Waals surface area contributed by atoms with Gasteiger partial charge in [0, 0.05) is 0 Å². The molecule has 0 rings (SSSR count). The van der Waals surface area contributed by atoms with E-state index in [1.807, 2.05) is 0 Å². The number of hydrogen-bond donors (Lipinski definition) is 1. The van der Waals surface area contributed by atoms with Gasteiger partial charge in [-0.1, -0.05) is 39.0 Å². The van der Waals surface area contributed by atoms with Crippen LogP contribution in [-0.2, 0) is 0 Å². The van der Waals surface area contributed by atoms with E-state index in [2.05, 4.69) is 6.92 Å². The highest BCUT2D eigenvalue weighted by atomic mass is 127. The lowest BCUT2D eigenvalue weighted by Crippen LogP contribution is -3.00. The Morgan fingerprint density at radius 3 is 1.90 bits per heavy atom. The molecule has 0 aliphatic carbocycles. The van der Waals surface area contributed by atoms with Crippen molar-refractivity contribution < 1.29 is 24.0 Å². The quantitative estimate of drug-likeness (QED) is 0.494. The van der Waals surface area contributed by atoms with Crippen LogP contribution in [0.2, 0.25) is 0 Å². The van der Waals surface area contributed by atoms with Crippen LogP contribution in [0.15, 0.2) is 0 Å². The minimum absolute atomic E-state index is 0. The highest BCUT2D eigenvalue weighted by Crippen LogP contribution is 2.03. The predicted octanol–water partition coefficient (Wildman–Crippen LogP) is -0.690. The topological polar surface area (TPSA) is 26.0 Å². The Morgan fingerprint density at radius 1 is 0.900 bits per heavy atom. The second kappa shape index (κ2) is 12.4. The Labute approximate surface area is 81.8 Å². The maximum atomic E-state index is 5.34. The average molecular weight is 256 g/mol. The number of unbranched alkanes of at least 4 members (excludes halogenated alkanes) is 5. The molecular weight excluding hydrogens is 237 g/mol. The molecule has 0 saturated carbocycles. The van der Waals surface area contributed by atoms with E-state index in [-0.39, 0.29) is 24.0 Å². The van der Waals surface area contributed by atoms with Crippen molar-refractivity contribution in [1.82, 2.24) is 0 Å². The summed E-state index contributed by atoms with van der Waals surface area (Å²) in [7, 11) is 0. The summed E-state index contributed by atoms with van der Waals surface area (Å²) in [6.45, 7) is 3.11. The molecule has 0 aliphatic rings. The molecule has 62 valence electrons. The zero-order valence-electron chi connectivity index (χ0n) is 6.91. The Bertz CT molecular complexity index is 42.5. The molecule has 0 aromatic heterocycles. The van der Waals surface area contributed by atoms with Gasteiger partial charge in [-0.25, -0.2) is 0 Å². The van der Waals surface area contributed by atoms with Crippen molar-refractivity contribution in [2.45, 2.75) is 45.4 Å². The van der Waals surface area contributed by atoms with E-state index < -0.39 is 0 Å². The molecular formula is C8H19IN+. The van der Waals surface area contributed by atoms with Gasteiger partial charge in [0.2, 0.25) is 0 Å². The van der Waals surface area contributed by atoms with Gasteiger partial charge in [0.25, 0.3) is 0 Å². The molecule has 0 spiro atoms. The lowest BCUT2D eigenvalue weighted by Gasteiger charge is -1.96. The second-order valence-corrected chi connectivity index (χ2v) is 2.56. The van der Waals surface area contributed by atoms with E-state index in [4.69, 9.17) is 5.73 Å². The molecule has 2 heteroatoms. The van der Waals surface area contributed by atoms with Crippen LogP contribution in [0.1, 0.15) is 45.4 Å². The molecule has 10 heavy (non-hydrogen) atoms. The molecule has 0 saturated heterocycles. The second-order valence-electron chi connectivity index (χ2n) is 2.56. The van der Waals surface area contributed by atoms with Gasteiger partial charge < -0.3 is 5.73 Å². The van der Waals surface area contributed by atoms with Crippen molar-refractivity contribution in [3.63, 3.8) is 0 Å². The van der Waals surface area contributed by atoms with E-state index in [9.17, 15) is 0 Å². The van der Waals surface area contributed by atoms with Crippen molar-refractivity contribution in [2.75, 3.05) is 6.54 Å². The SMILES string of the molecule is CCCCCCCCN.[I+]. The van der Waals surface area contributed by atoms with Crippen LogP contribution in [0.5, 0.6) is 0 Å². The third kappa shape index (κ3) is 11.5. The van der Waals surface area contributed by atoms with E-state index in [0.29, 0.717) is 0 Å². The summed E-state index contributed by atoms with van der Waals surface area (Å²) < 4.78 is 0. The van der Waals surface area contributed by atoms with E-state index in [1.54, 1.807) is 0 Å². The zero-order chi connectivity index (χ0) is 6.95. The maximum absolute atomic E-state index is 5.34. The molecule has 0 atom stereocenters. The van der Waals surface area contributed by atoms with E-state index in [0.717, 1.165) is 6.54 Å². The van der Waals surface area contributed by atoms with E-state index >= 15 is 0 Å². The van der Waals surface area contributed by atoms with Crippen LogP contribution in [0.25, 0.3) is 0 Å². The van der Waals surface area contributed by atoms with Crippen molar-refractivity contribution in [3.05, 3.63) is 0 Å². The van der Waals surface area contributed by atoms with Crippen LogP contribution in [0.3, 0.4) is 0 Å². The minimum Gasteiger partial charge on any atom is -0.330 e. The van der Waals surface area contributed by atoms with Crippen molar-refractivity contribution in [3.8, 4) is 0 Å². The molecule has 2 radical (unpaired) electrons. The molecule has 1 nitrogen and oxygen atoms in total. The van der Waals surface area contributed by atoms with Crippen LogP contribution in [-0.4, -0.2) is 6.54 Å². The van der Waals surface area contributed by atoms with Crippen LogP contribution < -0.4 is 29.7 Å². The van der Waals surface area contributed by atoms with Gasteiger partial charge in [-0.2, -0.15) is 0 Å². The fourth-order valence-electron chi connectivity index (χ4n) is 0.925. The molecule has 0 aromatic rings. The van der Waals surface area contributed by atoms with E-state index in [1.165, 1.54) is 38.5 Å². The van der Waals surface area contributed by atoms with Crippen molar-refractivity contribution in [1.29, 1.82) is 0 Å². The third-order valence-electron chi connectivity index (χ3n) is 1.56. The fourth-order valence-corrected chi connectivity index (χ4v) is 0.925. The van der Waals surface area contributed by atoms with Gasteiger partial charge in [0.15, 0.2) is 0 Å². The Morgan fingerprint density at radius 2 is 1.40 bits per heavy atom. The highest BCUT2D eigenvalue weighted by Gasteiger charge is 1.85. The molecule has 2 N–H and O–H groups in total. The molecule has 0 bridgehead atoms. The van der Waals surface area contributed by atoms with Gasteiger partial charge >= 0.3 is 24.0 Å². The molecule has 0 fully saturated rings. The first-order chi connectivity index (χ1) is 4.41. The Balaban J connectivity index is 0. The molecule has 0 heterocycles. The summed E-state index contributed by atoms with van der Waals surface area (Å²) in [5.41, 5.74) is 5.34. The fraction of sp³-hybridized carbons (Fsp3) is 1.00. The normalized spacial score (nSPS) is 9.00. The summed E-state index contributed by atoms with van der Waals surface area (Å²) in [4.78, 5) is 0. The van der Waals surface area contributed by atoms with Gasteiger partial charge in [0.1, 0.15) is 0 Å². The van der Waals surface area contributed by atoms with Crippen LogP contribution in [0, 0.1) is 0 Å². The first kappa shape index (κ1) is 13.3. The highest BCUT2D eigenvalue weighted by molar-refractivity contribution is 4.43. The minimum atomic E-state index is 0. The average Bonchev–Trinajstić information content (AvgIpc) is 1.89. The molecule has 0 unspecified atom stereocenters. The zero-order valence-corrected chi connectivity index (χ0v) is 9.06. The summed E-state index contributed by atoms with van der Waals surface area (Å²) >= 11 is 0. The van der Waals surface area contributed by atoms with Crippen LogP contribution >= 0.6 is 0 Å². The summed E-state index contributed by atoms with van der Waals surface area (Å²) in [6, 6.07) is 0. The third-order valence-corrected chi connectivity index (χ3v) is 1.56. The van der Waals surface area contributed by atoms with Crippen molar-refractivity contribution in [2.24, 2.45) is 5.73 Å². The van der Waals surface area contributed by atoms with Gasteiger partial charge in [-0.3, -0.25) is 0 Å². The number of rotatable bonds is 6. The number of halogens is 1. The first-order valence-electron chi connectivity index (χ1n) is 4.12. The lowest BCUT2D eigenvalue weighted by atomic mass is 10.1. The number of nitrogens with two attached hydrogens (primary N) is 1. The van der Waals surface area contributed by atoms with Crippen LogP contribution in [0.4, 0.5) is 0 Å². The number of hydrogen-bond acceptors (Lipinski definition) is 1. The first-order valence-corrected chi connectivity index (χ1v) is 4.12. The predicted molar refractivity (Wildman–Crippen MR) is 42.4 cm³/mol.